The highest BCUT2D eigenvalue weighted by molar-refractivity contribution is 4.67. The van der Waals surface area contributed by atoms with E-state index in [9.17, 15) is 0 Å². The summed E-state index contributed by atoms with van der Waals surface area (Å²) in [5.74, 6) is 0. The zero-order valence-electron chi connectivity index (χ0n) is 9.22. The van der Waals surface area contributed by atoms with Crippen LogP contribution < -0.4 is 5.32 Å². The Morgan fingerprint density at radius 1 is 1.17 bits per heavy atom. The van der Waals surface area contributed by atoms with Crippen LogP contribution in [0.25, 0.3) is 0 Å². The molecule has 0 saturated carbocycles. The molecule has 0 unspecified atom stereocenters. The Morgan fingerprint density at radius 3 is 2.00 bits per heavy atom. The normalized spacial score (nSPS) is 12.0. The number of hydrogen-bond acceptors (Lipinski definition) is 2. The minimum Gasteiger partial charge on any atom is -0.316 e. The molecule has 1 N–H and O–H groups in total. The predicted molar refractivity (Wildman–Crippen MR) is 57.6 cm³/mol. The van der Waals surface area contributed by atoms with Gasteiger partial charge in [-0.1, -0.05) is 6.92 Å². The smallest absolute Gasteiger partial charge is 0.0112 e. The molecule has 0 fully saturated rings. The van der Waals surface area contributed by atoms with E-state index in [1.165, 1.54) is 0 Å². The molecular formula is C10H26N2. The molecule has 0 amide bonds. The van der Waals surface area contributed by atoms with E-state index in [1.54, 1.807) is 0 Å². The van der Waals surface area contributed by atoms with Crippen LogP contribution >= 0.6 is 0 Å². The summed E-state index contributed by atoms with van der Waals surface area (Å²) in [5.41, 5.74) is 0. The van der Waals surface area contributed by atoms with Gasteiger partial charge in [0.25, 0.3) is 0 Å². The second kappa shape index (κ2) is 6.44. The molecular weight excluding hydrogens is 148 g/mol. The average Bonchev–Trinajstić information content (AvgIpc) is 1.96. The van der Waals surface area contributed by atoms with Gasteiger partial charge in [0, 0.05) is 26.6 Å². The summed E-state index contributed by atoms with van der Waals surface area (Å²) in [7, 11) is 0. The van der Waals surface area contributed by atoms with Gasteiger partial charge >= 0.3 is 0 Å². The Bertz CT molecular complexity index is 97.1. The van der Waals surface area contributed by atoms with Crippen molar-refractivity contribution in [1.82, 2.24) is 10.2 Å². The predicted octanol–water partition coefficient (Wildman–Crippen LogP) is 1.96. The van der Waals surface area contributed by atoms with Gasteiger partial charge in [-0.3, -0.25) is 4.90 Å². The van der Waals surface area contributed by atoms with Crippen molar-refractivity contribution in [3.8, 4) is 0 Å². The molecule has 0 radical (unpaired) electrons. The molecule has 12 heavy (non-hydrogen) atoms. The number of nitrogens with one attached hydrogen (secondary N) is 1. The Morgan fingerprint density at radius 2 is 1.67 bits per heavy atom. The van der Waals surface area contributed by atoms with Crippen LogP contribution in [0, 0.1) is 0 Å². The first kappa shape index (κ1) is 11.9. The Hall–Kier alpha value is -0.0800. The first-order chi connectivity index (χ1) is 5.59. The van der Waals surface area contributed by atoms with Crippen molar-refractivity contribution in [2.75, 3.05) is 19.6 Å². The van der Waals surface area contributed by atoms with Gasteiger partial charge < -0.3 is 5.32 Å². The molecule has 2 nitrogen and oxygen atoms in total. The van der Waals surface area contributed by atoms with Gasteiger partial charge in [0.2, 0.25) is 0 Å². The molecule has 0 aromatic carbocycles. The fourth-order valence-corrected chi connectivity index (χ4v) is 1.50. The third kappa shape index (κ3) is 4.73. The summed E-state index contributed by atoms with van der Waals surface area (Å²) in [5, 5.41) is 3.35. The van der Waals surface area contributed by atoms with Gasteiger partial charge in [-0.15, -0.1) is 0 Å². The van der Waals surface area contributed by atoms with E-state index < -0.39 is 0 Å². The summed E-state index contributed by atoms with van der Waals surface area (Å²) >= 11 is 0. The molecule has 0 aliphatic carbocycles. The number of nitrogens with zero attached hydrogens (tertiary/aromatic N) is 1. The van der Waals surface area contributed by atoms with Crippen LogP contribution in [0.2, 0.25) is 0 Å². The van der Waals surface area contributed by atoms with E-state index in [-0.39, 0.29) is 1.43 Å². The monoisotopic (exact) mass is 174 g/mol. The van der Waals surface area contributed by atoms with Crippen molar-refractivity contribution in [2.24, 2.45) is 0 Å². The number of hydrogen-bond donors (Lipinski definition) is 1. The Labute approximate surface area is 78.8 Å². The van der Waals surface area contributed by atoms with Crippen LogP contribution in [0.4, 0.5) is 0 Å². The number of likely N-dealkylation sites (N-methyl/N-ethyl adjacent to an activating group) is 1. The van der Waals surface area contributed by atoms with E-state index in [0.717, 1.165) is 19.6 Å². The summed E-state index contributed by atoms with van der Waals surface area (Å²) in [6.07, 6.45) is 0. The third-order valence-electron chi connectivity index (χ3n) is 2.12. The molecule has 2 heteroatoms. The van der Waals surface area contributed by atoms with Crippen molar-refractivity contribution in [2.45, 2.75) is 46.7 Å². The van der Waals surface area contributed by atoms with Crippen LogP contribution in [0.5, 0.6) is 0 Å². The molecule has 0 heterocycles. The maximum atomic E-state index is 3.35. The molecule has 0 spiro atoms. The maximum absolute atomic E-state index is 3.35. The highest BCUT2D eigenvalue weighted by Gasteiger charge is 2.11. The quantitative estimate of drug-likeness (QED) is 0.619. The van der Waals surface area contributed by atoms with Gasteiger partial charge in [-0.25, -0.2) is 0 Å². The third-order valence-corrected chi connectivity index (χ3v) is 2.12. The van der Waals surface area contributed by atoms with Crippen LogP contribution in [0.15, 0.2) is 0 Å². The van der Waals surface area contributed by atoms with Crippen LogP contribution in [0.1, 0.15) is 36.0 Å². The van der Waals surface area contributed by atoms with Gasteiger partial charge in [0.15, 0.2) is 0 Å². The van der Waals surface area contributed by atoms with Crippen molar-refractivity contribution in [1.29, 1.82) is 0 Å². The Kier molecular flexibility index (Phi) is 6.39. The molecule has 76 valence electrons. The zero-order chi connectivity index (χ0) is 9.56. The maximum Gasteiger partial charge on any atom is 0.0112 e. The topological polar surface area (TPSA) is 15.3 Å². The van der Waals surface area contributed by atoms with Gasteiger partial charge in [-0.05, 0) is 34.2 Å². The van der Waals surface area contributed by atoms with Crippen molar-refractivity contribution in [3.63, 3.8) is 0 Å². The fourth-order valence-electron chi connectivity index (χ4n) is 1.50. The van der Waals surface area contributed by atoms with Crippen molar-refractivity contribution in [3.05, 3.63) is 0 Å². The second-order valence-electron chi connectivity index (χ2n) is 3.78. The fraction of sp³-hybridized carbons (Fsp3) is 1.00. The number of rotatable bonds is 6. The van der Waals surface area contributed by atoms with E-state index in [4.69, 9.17) is 0 Å². The van der Waals surface area contributed by atoms with Crippen molar-refractivity contribution >= 4 is 0 Å². The lowest BCUT2D eigenvalue weighted by Gasteiger charge is -2.30. The minimum absolute atomic E-state index is 0. The SMILES string of the molecule is CCNCCN(C(C)C)C(C)C.[HH]. The largest absolute Gasteiger partial charge is 0.316 e. The second-order valence-corrected chi connectivity index (χ2v) is 3.78. The van der Waals surface area contributed by atoms with E-state index in [2.05, 4.69) is 44.8 Å². The van der Waals surface area contributed by atoms with E-state index in [1.807, 2.05) is 0 Å². The summed E-state index contributed by atoms with van der Waals surface area (Å²) in [6.45, 7) is 14.5. The summed E-state index contributed by atoms with van der Waals surface area (Å²) in [6, 6.07) is 1.31. The molecule has 0 aromatic heterocycles. The molecule has 0 bridgehead atoms. The van der Waals surface area contributed by atoms with E-state index in [0.29, 0.717) is 12.1 Å². The molecule has 0 aromatic rings. The van der Waals surface area contributed by atoms with Gasteiger partial charge in [0.1, 0.15) is 0 Å². The molecule has 0 aliphatic rings. The molecule has 0 saturated heterocycles. The highest BCUT2D eigenvalue weighted by Crippen LogP contribution is 2.02. The van der Waals surface area contributed by atoms with Crippen LogP contribution in [0.3, 0.4) is 0 Å². The zero-order valence-corrected chi connectivity index (χ0v) is 9.22. The van der Waals surface area contributed by atoms with Gasteiger partial charge in [-0.2, -0.15) is 0 Å². The summed E-state index contributed by atoms with van der Waals surface area (Å²) in [4.78, 5) is 2.50. The lowest BCUT2D eigenvalue weighted by atomic mass is 10.2. The van der Waals surface area contributed by atoms with Crippen molar-refractivity contribution < 1.29 is 1.43 Å². The molecule has 0 aliphatic heterocycles. The first-order valence-corrected chi connectivity index (χ1v) is 5.06. The lowest BCUT2D eigenvalue weighted by molar-refractivity contribution is 0.176. The minimum atomic E-state index is 0. The average molecular weight is 174 g/mol. The van der Waals surface area contributed by atoms with Gasteiger partial charge in [0.05, 0.1) is 0 Å². The van der Waals surface area contributed by atoms with Crippen LogP contribution in [-0.4, -0.2) is 36.6 Å². The molecule has 0 rings (SSSR count). The first-order valence-electron chi connectivity index (χ1n) is 5.06. The lowest BCUT2D eigenvalue weighted by Crippen LogP contribution is -2.41. The Balaban J connectivity index is 0. The molecule has 0 atom stereocenters. The van der Waals surface area contributed by atoms with Crippen LogP contribution in [-0.2, 0) is 0 Å². The highest BCUT2D eigenvalue weighted by atomic mass is 15.2. The standard InChI is InChI=1S/C10H24N2.H2/c1-6-11-7-8-12(9(2)3)10(4)5;/h9-11H,6-8H2,1-5H3;1H. The van der Waals surface area contributed by atoms with E-state index >= 15 is 0 Å². The summed E-state index contributed by atoms with van der Waals surface area (Å²) < 4.78 is 0.